The maximum absolute atomic E-state index is 5.85. The number of rotatable bonds is 5. The van der Waals surface area contributed by atoms with Gasteiger partial charge in [0.25, 0.3) is 0 Å². The Bertz CT molecular complexity index is 436. The number of ether oxygens (including phenoxy) is 1. The number of pyridine rings is 1. The van der Waals surface area contributed by atoms with Crippen LogP contribution in [0.2, 0.25) is 0 Å². The van der Waals surface area contributed by atoms with Crippen LogP contribution in [-0.4, -0.2) is 36.8 Å². The van der Waals surface area contributed by atoms with Crippen LogP contribution in [0.4, 0.5) is 5.69 Å². The van der Waals surface area contributed by atoms with E-state index in [2.05, 4.69) is 49.1 Å². The van der Waals surface area contributed by atoms with Crippen LogP contribution in [0.15, 0.2) is 18.5 Å². The van der Waals surface area contributed by atoms with Crippen molar-refractivity contribution in [2.24, 2.45) is 0 Å². The van der Waals surface area contributed by atoms with E-state index in [0.29, 0.717) is 6.10 Å². The molecule has 1 N–H and O–H groups in total. The Morgan fingerprint density at radius 2 is 2.19 bits per heavy atom. The third-order valence-electron chi connectivity index (χ3n) is 3.85. The summed E-state index contributed by atoms with van der Waals surface area (Å²) in [4.78, 5) is 6.58. The quantitative estimate of drug-likeness (QED) is 0.905. The number of hydrogen-bond acceptors (Lipinski definition) is 4. The molecule has 0 radical (unpaired) electrons. The van der Waals surface area contributed by atoms with Gasteiger partial charge in [0.15, 0.2) is 0 Å². The predicted octanol–water partition coefficient (Wildman–Crippen LogP) is 2.98. The fourth-order valence-electron chi connectivity index (χ4n) is 2.64. The highest BCUT2D eigenvalue weighted by Crippen LogP contribution is 2.21. The number of anilines is 1. The molecule has 1 atom stereocenters. The Labute approximate surface area is 128 Å². The molecule has 1 aliphatic rings. The second kappa shape index (κ2) is 7.23. The highest BCUT2D eigenvalue weighted by atomic mass is 16.5. The summed E-state index contributed by atoms with van der Waals surface area (Å²) in [6.07, 6.45) is 7.86. The molecule has 1 saturated heterocycles. The summed E-state index contributed by atoms with van der Waals surface area (Å²) in [6.45, 7) is 9.25. The summed E-state index contributed by atoms with van der Waals surface area (Å²) in [5, 5.41) is 3.54. The molecule has 0 aliphatic carbocycles. The average Bonchev–Trinajstić information content (AvgIpc) is 2.46. The first kappa shape index (κ1) is 16.2. The molecule has 1 fully saturated rings. The number of nitrogens with zero attached hydrogens (tertiary/aromatic N) is 2. The zero-order valence-electron chi connectivity index (χ0n) is 13.9. The Kier molecular flexibility index (Phi) is 5.59. The molecule has 1 unspecified atom stereocenters. The molecule has 118 valence electrons. The van der Waals surface area contributed by atoms with Gasteiger partial charge in [0, 0.05) is 55.9 Å². The molecule has 0 saturated carbocycles. The lowest BCUT2D eigenvalue weighted by atomic mass is 10.1. The van der Waals surface area contributed by atoms with E-state index < -0.39 is 0 Å². The number of hydrogen-bond donors (Lipinski definition) is 1. The SMILES string of the molecule is CN(CC1CCCCO1)c1ccncc1CNC(C)(C)C. The zero-order chi connectivity index (χ0) is 15.3. The normalized spacial score (nSPS) is 19.5. The molecule has 2 heterocycles. The van der Waals surface area contributed by atoms with Crippen molar-refractivity contribution in [2.75, 3.05) is 25.1 Å². The van der Waals surface area contributed by atoms with Gasteiger partial charge in [0.1, 0.15) is 0 Å². The van der Waals surface area contributed by atoms with Gasteiger partial charge < -0.3 is 15.0 Å². The Morgan fingerprint density at radius 1 is 1.38 bits per heavy atom. The van der Waals surface area contributed by atoms with Crippen LogP contribution in [0.3, 0.4) is 0 Å². The second-order valence-electron chi connectivity index (χ2n) is 6.98. The van der Waals surface area contributed by atoms with Crippen LogP contribution in [0, 0.1) is 0 Å². The highest BCUT2D eigenvalue weighted by Gasteiger charge is 2.18. The summed E-state index contributed by atoms with van der Waals surface area (Å²) < 4.78 is 5.85. The van der Waals surface area contributed by atoms with Gasteiger partial charge in [-0.3, -0.25) is 4.98 Å². The molecule has 4 heteroatoms. The van der Waals surface area contributed by atoms with Gasteiger partial charge in [-0.15, -0.1) is 0 Å². The van der Waals surface area contributed by atoms with Crippen molar-refractivity contribution in [1.29, 1.82) is 0 Å². The first-order valence-corrected chi connectivity index (χ1v) is 7.96. The fourth-order valence-corrected chi connectivity index (χ4v) is 2.64. The standard InChI is InChI=1S/C17H29N3O/c1-17(2,3)19-12-14-11-18-9-8-16(14)20(4)13-15-7-5-6-10-21-15/h8-9,11,15,19H,5-7,10,12-13H2,1-4H3. The maximum atomic E-state index is 5.85. The van der Waals surface area contributed by atoms with E-state index in [1.165, 1.54) is 30.5 Å². The number of likely N-dealkylation sites (N-methyl/N-ethyl adjacent to an activating group) is 1. The number of nitrogens with one attached hydrogen (secondary N) is 1. The average molecular weight is 291 g/mol. The molecular formula is C17H29N3O. The molecule has 0 spiro atoms. The summed E-state index contributed by atoms with van der Waals surface area (Å²) in [5.74, 6) is 0. The first-order valence-electron chi connectivity index (χ1n) is 7.96. The van der Waals surface area contributed by atoms with Crippen LogP contribution in [0.1, 0.15) is 45.6 Å². The minimum atomic E-state index is 0.109. The van der Waals surface area contributed by atoms with Crippen LogP contribution in [0.5, 0.6) is 0 Å². The monoisotopic (exact) mass is 291 g/mol. The van der Waals surface area contributed by atoms with Crippen molar-refractivity contribution in [3.8, 4) is 0 Å². The smallest absolute Gasteiger partial charge is 0.0749 e. The van der Waals surface area contributed by atoms with Crippen molar-refractivity contribution < 1.29 is 4.74 Å². The van der Waals surface area contributed by atoms with E-state index in [1.807, 2.05) is 12.4 Å². The molecule has 4 nitrogen and oxygen atoms in total. The molecule has 0 aromatic carbocycles. The summed E-state index contributed by atoms with van der Waals surface area (Å²) in [6, 6.07) is 2.10. The summed E-state index contributed by atoms with van der Waals surface area (Å²) in [5.41, 5.74) is 2.60. The summed E-state index contributed by atoms with van der Waals surface area (Å²) >= 11 is 0. The molecule has 21 heavy (non-hydrogen) atoms. The van der Waals surface area contributed by atoms with E-state index >= 15 is 0 Å². The van der Waals surface area contributed by atoms with Gasteiger partial charge in [-0.25, -0.2) is 0 Å². The van der Waals surface area contributed by atoms with Crippen LogP contribution >= 0.6 is 0 Å². The Balaban J connectivity index is 2.00. The zero-order valence-corrected chi connectivity index (χ0v) is 13.9. The molecule has 1 aromatic rings. The first-order chi connectivity index (χ1) is 9.96. The molecule has 0 bridgehead atoms. The van der Waals surface area contributed by atoms with Gasteiger partial charge in [0.05, 0.1) is 6.10 Å². The topological polar surface area (TPSA) is 37.4 Å². The Hall–Kier alpha value is -1.13. The van der Waals surface area contributed by atoms with Gasteiger partial charge >= 0.3 is 0 Å². The lowest BCUT2D eigenvalue weighted by Crippen LogP contribution is -2.37. The highest BCUT2D eigenvalue weighted by molar-refractivity contribution is 5.51. The number of aromatic nitrogens is 1. The van der Waals surface area contributed by atoms with Crippen molar-refractivity contribution in [3.63, 3.8) is 0 Å². The lowest BCUT2D eigenvalue weighted by Gasteiger charge is -2.30. The van der Waals surface area contributed by atoms with Crippen molar-refractivity contribution in [3.05, 3.63) is 24.0 Å². The molecule has 1 aromatic heterocycles. The minimum Gasteiger partial charge on any atom is -0.376 e. The van der Waals surface area contributed by atoms with E-state index in [-0.39, 0.29) is 5.54 Å². The van der Waals surface area contributed by atoms with Gasteiger partial charge in [-0.2, -0.15) is 0 Å². The summed E-state index contributed by atoms with van der Waals surface area (Å²) in [7, 11) is 2.15. The van der Waals surface area contributed by atoms with Crippen LogP contribution < -0.4 is 10.2 Å². The molecular weight excluding hydrogens is 262 g/mol. The third kappa shape index (κ3) is 5.29. The van der Waals surface area contributed by atoms with Crippen molar-refractivity contribution in [2.45, 2.75) is 58.2 Å². The van der Waals surface area contributed by atoms with Gasteiger partial charge in [-0.1, -0.05) is 0 Å². The van der Waals surface area contributed by atoms with E-state index in [4.69, 9.17) is 4.74 Å². The molecule has 0 amide bonds. The maximum Gasteiger partial charge on any atom is 0.0749 e. The van der Waals surface area contributed by atoms with E-state index in [0.717, 1.165) is 19.7 Å². The van der Waals surface area contributed by atoms with E-state index in [1.54, 1.807) is 0 Å². The van der Waals surface area contributed by atoms with Gasteiger partial charge in [-0.05, 0) is 46.1 Å². The van der Waals surface area contributed by atoms with Gasteiger partial charge in [0.2, 0.25) is 0 Å². The van der Waals surface area contributed by atoms with Crippen LogP contribution in [0.25, 0.3) is 0 Å². The Morgan fingerprint density at radius 3 is 2.86 bits per heavy atom. The lowest BCUT2D eigenvalue weighted by molar-refractivity contribution is 0.0216. The third-order valence-corrected chi connectivity index (χ3v) is 3.85. The molecule has 2 rings (SSSR count). The predicted molar refractivity (Wildman–Crippen MR) is 87.7 cm³/mol. The second-order valence-corrected chi connectivity index (χ2v) is 6.98. The van der Waals surface area contributed by atoms with Crippen LogP contribution in [-0.2, 0) is 11.3 Å². The largest absolute Gasteiger partial charge is 0.376 e. The van der Waals surface area contributed by atoms with E-state index in [9.17, 15) is 0 Å². The fraction of sp³-hybridized carbons (Fsp3) is 0.706. The minimum absolute atomic E-state index is 0.109. The van der Waals surface area contributed by atoms with Crippen molar-refractivity contribution in [1.82, 2.24) is 10.3 Å². The van der Waals surface area contributed by atoms with Crippen molar-refractivity contribution >= 4 is 5.69 Å². The molecule has 1 aliphatic heterocycles.